The number of nitrogens with zero attached hydrogens (tertiary/aromatic N) is 2. The predicted molar refractivity (Wildman–Crippen MR) is 74.5 cm³/mol. The second-order valence-corrected chi connectivity index (χ2v) is 4.45. The Bertz CT molecular complexity index is 547. The number of rotatable bonds is 4. The Morgan fingerprint density at radius 1 is 1.33 bits per heavy atom. The van der Waals surface area contributed by atoms with E-state index in [1.54, 1.807) is 13.2 Å². The maximum atomic E-state index is 5.58. The lowest BCUT2D eigenvalue weighted by Crippen LogP contribution is -2.05. The van der Waals surface area contributed by atoms with Crippen molar-refractivity contribution in [2.45, 2.75) is 6.54 Å². The van der Waals surface area contributed by atoms with Crippen LogP contribution in [0.15, 0.2) is 34.8 Å². The maximum absolute atomic E-state index is 5.58. The van der Waals surface area contributed by atoms with E-state index in [-0.39, 0.29) is 5.95 Å². The van der Waals surface area contributed by atoms with Crippen LogP contribution in [0.3, 0.4) is 0 Å². The molecule has 0 aliphatic rings. The first-order chi connectivity index (χ1) is 8.69. The molecule has 18 heavy (non-hydrogen) atoms. The van der Waals surface area contributed by atoms with E-state index in [9.17, 15) is 0 Å². The maximum Gasteiger partial charge on any atom is 0.225 e. The van der Waals surface area contributed by atoms with Gasteiger partial charge < -0.3 is 15.8 Å². The van der Waals surface area contributed by atoms with E-state index >= 15 is 0 Å². The molecule has 0 unspecified atom stereocenters. The van der Waals surface area contributed by atoms with E-state index in [1.165, 1.54) is 0 Å². The largest absolute Gasteiger partial charge is 0.481 e. The molecule has 0 saturated carbocycles. The van der Waals surface area contributed by atoms with Crippen LogP contribution in [0.2, 0.25) is 0 Å². The van der Waals surface area contributed by atoms with E-state index in [1.807, 2.05) is 24.3 Å². The van der Waals surface area contributed by atoms with Gasteiger partial charge in [0.15, 0.2) is 0 Å². The lowest BCUT2D eigenvalue weighted by molar-refractivity contribution is 0.398. The molecule has 0 fully saturated rings. The third-order valence-corrected chi connectivity index (χ3v) is 3.12. The summed E-state index contributed by atoms with van der Waals surface area (Å²) in [6.45, 7) is 0.640. The molecule has 1 aromatic carbocycles. The fourth-order valence-corrected chi connectivity index (χ4v) is 1.89. The Labute approximate surface area is 114 Å². The second kappa shape index (κ2) is 5.68. The van der Waals surface area contributed by atoms with Gasteiger partial charge in [0.1, 0.15) is 5.82 Å². The highest BCUT2D eigenvalue weighted by atomic mass is 79.9. The molecule has 0 saturated heterocycles. The molecule has 0 bridgehead atoms. The summed E-state index contributed by atoms with van der Waals surface area (Å²) in [5, 5.41) is 3.18. The summed E-state index contributed by atoms with van der Waals surface area (Å²) in [7, 11) is 1.54. The number of halogens is 1. The number of hydrogen-bond acceptors (Lipinski definition) is 5. The van der Waals surface area contributed by atoms with Crippen molar-refractivity contribution in [3.8, 4) is 5.88 Å². The van der Waals surface area contributed by atoms with E-state index in [4.69, 9.17) is 10.5 Å². The molecule has 0 spiro atoms. The van der Waals surface area contributed by atoms with Crippen LogP contribution in [-0.2, 0) is 6.54 Å². The molecular formula is C12H13BrN4O. The lowest BCUT2D eigenvalue weighted by atomic mass is 10.2. The Morgan fingerprint density at radius 2 is 2.11 bits per heavy atom. The molecule has 94 valence electrons. The first-order valence-electron chi connectivity index (χ1n) is 5.35. The van der Waals surface area contributed by atoms with Crippen LogP contribution in [0.1, 0.15) is 5.56 Å². The van der Waals surface area contributed by atoms with Gasteiger partial charge in [0.05, 0.1) is 7.11 Å². The van der Waals surface area contributed by atoms with E-state index in [0.717, 1.165) is 10.0 Å². The minimum Gasteiger partial charge on any atom is -0.481 e. The lowest BCUT2D eigenvalue weighted by Gasteiger charge is -2.08. The Balaban J connectivity index is 2.11. The minimum absolute atomic E-state index is 0.184. The number of methoxy groups -OCH3 is 1. The number of hydrogen-bond donors (Lipinski definition) is 2. The zero-order valence-electron chi connectivity index (χ0n) is 9.85. The van der Waals surface area contributed by atoms with Gasteiger partial charge >= 0.3 is 0 Å². The summed E-state index contributed by atoms with van der Waals surface area (Å²) in [4.78, 5) is 8.01. The Kier molecular flexibility index (Phi) is 3.99. The minimum atomic E-state index is 0.184. The quantitative estimate of drug-likeness (QED) is 0.907. The standard InChI is InChI=1S/C12H13BrN4O/c1-18-11-6-10(16-12(14)17-11)15-7-8-4-2-3-5-9(8)13/h2-6H,7H2,1H3,(H3,14,15,16,17). The van der Waals surface area contributed by atoms with Gasteiger partial charge in [-0.15, -0.1) is 0 Å². The number of aromatic nitrogens is 2. The SMILES string of the molecule is COc1cc(NCc2ccccc2Br)nc(N)n1. The third-order valence-electron chi connectivity index (χ3n) is 2.35. The zero-order chi connectivity index (χ0) is 13.0. The molecule has 2 rings (SSSR count). The number of nitrogens with one attached hydrogen (secondary N) is 1. The van der Waals surface area contributed by atoms with Crippen LogP contribution in [0.4, 0.5) is 11.8 Å². The van der Waals surface area contributed by atoms with Gasteiger partial charge in [0.25, 0.3) is 0 Å². The molecule has 0 atom stereocenters. The highest BCUT2D eigenvalue weighted by Crippen LogP contribution is 2.19. The van der Waals surface area contributed by atoms with Gasteiger partial charge in [-0.1, -0.05) is 34.1 Å². The van der Waals surface area contributed by atoms with E-state index in [0.29, 0.717) is 18.2 Å². The monoisotopic (exact) mass is 308 g/mol. The van der Waals surface area contributed by atoms with E-state index < -0.39 is 0 Å². The van der Waals surface area contributed by atoms with Crippen molar-refractivity contribution in [1.29, 1.82) is 0 Å². The first kappa shape index (κ1) is 12.6. The van der Waals surface area contributed by atoms with Crippen molar-refractivity contribution in [2.24, 2.45) is 0 Å². The molecular weight excluding hydrogens is 296 g/mol. The van der Waals surface area contributed by atoms with Gasteiger partial charge in [-0.05, 0) is 11.6 Å². The van der Waals surface area contributed by atoms with E-state index in [2.05, 4.69) is 31.2 Å². The molecule has 0 aliphatic heterocycles. The molecule has 6 heteroatoms. The van der Waals surface area contributed by atoms with Crippen molar-refractivity contribution in [2.75, 3.05) is 18.2 Å². The zero-order valence-corrected chi connectivity index (χ0v) is 11.4. The molecule has 3 N–H and O–H groups in total. The summed E-state index contributed by atoms with van der Waals surface area (Å²) in [6, 6.07) is 9.67. The molecule has 5 nitrogen and oxygen atoms in total. The first-order valence-corrected chi connectivity index (χ1v) is 6.14. The molecule has 1 aromatic heterocycles. The number of benzene rings is 1. The predicted octanol–water partition coefficient (Wildman–Crippen LogP) is 2.44. The van der Waals surface area contributed by atoms with Gasteiger partial charge in [-0.3, -0.25) is 0 Å². The summed E-state index contributed by atoms with van der Waals surface area (Å²) < 4.78 is 6.08. The van der Waals surface area contributed by atoms with Crippen LogP contribution in [0.5, 0.6) is 5.88 Å². The van der Waals surface area contributed by atoms with Crippen molar-refractivity contribution in [3.05, 3.63) is 40.4 Å². The Hall–Kier alpha value is -1.82. The third kappa shape index (κ3) is 3.10. The van der Waals surface area contributed by atoms with Gasteiger partial charge in [0.2, 0.25) is 11.8 Å². The average Bonchev–Trinajstić information content (AvgIpc) is 2.37. The van der Waals surface area contributed by atoms with Gasteiger partial charge in [-0.2, -0.15) is 9.97 Å². The van der Waals surface area contributed by atoms with Crippen LogP contribution in [0, 0.1) is 0 Å². The number of nitrogen functional groups attached to an aromatic ring is 1. The number of anilines is 2. The molecule has 0 radical (unpaired) electrons. The summed E-state index contributed by atoms with van der Waals surface area (Å²) in [5.41, 5.74) is 6.72. The van der Waals surface area contributed by atoms with Crippen molar-refractivity contribution in [1.82, 2.24) is 9.97 Å². The van der Waals surface area contributed by atoms with Gasteiger partial charge in [-0.25, -0.2) is 0 Å². The molecule has 2 aromatic rings. The highest BCUT2D eigenvalue weighted by molar-refractivity contribution is 9.10. The van der Waals surface area contributed by atoms with Crippen LogP contribution >= 0.6 is 15.9 Å². The number of ether oxygens (including phenoxy) is 1. The molecule has 0 amide bonds. The molecule has 0 aliphatic carbocycles. The van der Waals surface area contributed by atoms with Crippen LogP contribution in [-0.4, -0.2) is 17.1 Å². The molecule has 1 heterocycles. The highest BCUT2D eigenvalue weighted by Gasteiger charge is 2.03. The number of nitrogens with two attached hydrogens (primary N) is 1. The average molecular weight is 309 g/mol. The Morgan fingerprint density at radius 3 is 2.83 bits per heavy atom. The summed E-state index contributed by atoms with van der Waals surface area (Å²) in [6.07, 6.45) is 0. The van der Waals surface area contributed by atoms with Crippen molar-refractivity contribution >= 4 is 27.7 Å². The topological polar surface area (TPSA) is 73.1 Å². The second-order valence-electron chi connectivity index (χ2n) is 3.60. The van der Waals surface area contributed by atoms with Crippen LogP contribution < -0.4 is 15.8 Å². The van der Waals surface area contributed by atoms with Crippen molar-refractivity contribution in [3.63, 3.8) is 0 Å². The normalized spacial score (nSPS) is 10.1. The fraction of sp³-hybridized carbons (Fsp3) is 0.167. The summed E-state index contributed by atoms with van der Waals surface area (Å²) >= 11 is 3.49. The smallest absolute Gasteiger partial charge is 0.225 e. The summed E-state index contributed by atoms with van der Waals surface area (Å²) in [5.74, 6) is 1.26. The van der Waals surface area contributed by atoms with Crippen molar-refractivity contribution < 1.29 is 4.74 Å². The van der Waals surface area contributed by atoms with Gasteiger partial charge in [0, 0.05) is 17.1 Å². The van der Waals surface area contributed by atoms with Crippen LogP contribution in [0.25, 0.3) is 0 Å². The fourth-order valence-electron chi connectivity index (χ4n) is 1.47.